The molecule has 1 N–H and O–H groups in total. The minimum absolute atomic E-state index is 0.0280. The molecular weight excluding hydrogens is 414 g/mol. The van der Waals surface area contributed by atoms with Gasteiger partial charge in [-0.15, -0.1) is 0 Å². The summed E-state index contributed by atoms with van der Waals surface area (Å²) in [6.07, 6.45) is 5.37. The van der Waals surface area contributed by atoms with E-state index < -0.39 is 0 Å². The maximum absolute atomic E-state index is 13.2. The second kappa shape index (κ2) is 12.7. The summed E-state index contributed by atoms with van der Waals surface area (Å²) in [6.45, 7) is 17.3. The molecule has 0 aromatic rings. The van der Waals surface area contributed by atoms with Crippen LogP contribution >= 0.6 is 0 Å². The van der Waals surface area contributed by atoms with Gasteiger partial charge < -0.3 is 15.1 Å². The van der Waals surface area contributed by atoms with Crippen LogP contribution in [-0.4, -0.2) is 102 Å². The standard InChI is InChI=1S/C26H49N5O2/c1-9-11-30-18-23(14-21-16-25(32)22(15-24(21)30)17-28(7)8)27-26(33)29(10-2)12-13-31(19(3)4)20(5)6/h17,19-21,23-24H,9-16,18H2,1-8H3,(H,27,33)/t21-,23+,24-/m1/s1. The summed E-state index contributed by atoms with van der Waals surface area (Å²) in [5.74, 6) is 0.584. The average molecular weight is 464 g/mol. The van der Waals surface area contributed by atoms with Crippen molar-refractivity contribution in [3.8, 4) is 0 Å². The topological polar surface area (TPSA) is 59.1 Å². The molecular formula is C26H49N5O2. The van der Waals surface area contributed by atoms with Crippen molar-refractivity contribution >= 4 is 11.8 Å². The highest BCUT2D eigenvalue weighted by molar-refractivity contribution is 5.96. The lowest BCUT2D eigenvalue weighted by atomic mass is 9.74. The van der Waals surface area contributed by atoms with E-state index in [1.165, 1.54) is 0 Å². The molecule has 1 aliphatic carbocycles. The molecule has 0 aromatic heterocycles. The van der Waals surface area contributed by atoms with Crippen molar-refractivity contribution < 1.29 is 9.59 Å². The molecule has 0 bridgehead atoms. The number of hydrogen-bond donors (Lipinski definition) is 1. The first kappa shape index (κ1) is 27.6. The molecule has 2 rings (SSSR count). The minimum atomic E-state index is 0.0280. The summed E-state index contributed by atoms with van der Waals surface area (Å²) in [6, 6.07) is 1.44. The minimum Gasteiger partial charge on any atom is -0.383 e. The van der Waals surface area contributed by atoms with E-state index in [4.69, 9.17) is 0 Å². The van der Waals surface area contributed by atoms with Crippen molar-refractivity contribution in [2.24, 2.45) is 5.92 Å². The van der Waals surface area contributed by atoms with E-state index >= 15 is 0 Å². The first-order chi connectivity index (χ1) is 15.6. The lowest BCUT2D eigenvalue weighted by Crippen LogP contribution is -2.59. The summed E-state index contributed by atoms with van der Waals surface area (Å²) in [5, 5.41) is 3.32. The van der Waals surface area contributed by atoms with E-state index in [0.29, 0.717) is 37.0 Å². The second-order valence-electron chi connectivity index (χ2n) is 10.7. The molecule has 0 spiro atoms. The fourth-order valence-corrected chi connectivity index (χ4v) is 5.64. The fourth-order valence-electron chi connectivity index (χ4n) is 5.64. The third-order valence-corrected chi connectivity index (χ3v) is 7.17. The Balaban J connectivity index is 2.03. The fraction of sp³-hybridized carbons (Fsp3) is 0.846. The number of Topliss-reactive ketones (excluding diaryl/α,β-unsaturated/α-hetero) is 1. The number of likely N-dealkylation sites (tertiary alicyclic amines) is 1. The van der Waals surface area contributed by atoms with Gasteiger partial charge >= 0.3 is 6.03 Å². The number of carbonyl (C=O) groups excluding carboxylic acids is 2. The first-order valence-corrected chi connectivity index (χ1v) is 13.0. The summed E-state index contributed by atoms with van der Waals surface area (Å²) < 4.78 is 0. The second-order valence-corrected chi connectivity index (χ2v) is 10.7. The van der Waals surface area contributed by atoms with Crippen LogP contribution in [-0.2, 0) is 4.79 Å². The molecule has 2 aliphatic rings. The smallest absolute Gasteiger partial charge is 0.317 e. The van der Waals surface area contributed by atoms with Crippen molar-refractivity contribution in [1.82, 2.24) is 24.9 Å². The summed E-state index contributed by atoms with van der Waals surface area (Å²) in [7, 11) is 3.95. The molecule has 0 unspecified atom stereocenters. The van der Waals surface area contributed by atoms with Gasteiger partial charge in [0, 0.05) is 82.6 Å². The Morgan fingerprint density at radius 1 is 1.12 bits per heavy atom. The number of urea groups is 1. The van der Waals surface area contributed by atoms with Gasteiger partial charge in [0.05, 0.1) is 0 Å². The summed E-state index contributed by atoms with van der Waals surface area (Å²) in [4.78, 5) is 34.8. The summed E-state index contributed by atoms with van der Waals surface area (Å²) >= 11 is 0. The maximum atomic E-state index is 13.2. The number of nitrogens with zero attached hydrogens (tertiary/aromatic N) is 4. The molecule has 2 fully saturated rings. The van der Waals surface area contributed by atoms with Crippen LogP contribution < -0.4 is 5.32 Å². The van der Waals surface area contributed by atoms with E-state index in [0.717, 1.165) is 51.0 Å². The van der Waals surface area contributed by atoms with E-state index in [1.54, 1.807) is 0 Å². The predicted molar refractivity (Wildman–Crippen MR) is 136 cm³/mol. The molecule has 7 nitrogen and oxygen atoms in total. The molecule has 7 heteroatoms. The van der Waals surface area contributed by atoms with Gasteiger partial charge in [0.2, 0.25) is 0 Å². The molecule has 1 saturated heterocycles. The molecule has 0 aromatic carbocycles. The van der Waals surface area contributed by atoms with Crippen molar-refractivity contribution in [3.05, 3.63) is 11.8 Å². The van der Waals surface area contributed by atoms with Crippen molar-refractivity contribution in [3.63, 3.8) is 0 Å². The zero-order valence-corrected chi connectivity index (χ0v) is 22.4. The van der Waals surface area contributed by atoms with Gasteiger partial charge in [0.25, 0.3) is 0 Å². The average Bonchev–Trinajstić information content (AvgIpc) is 2.71. The zero-order chi connectivity index (χ0) is 24.7. The van der Waals surface area contributed by atoms with Crippen molar-refractivity contribution in [2.45, 2.75) is 91.4 Å². The molecule has 190 valence electrons. The lowest BCUT2D eigenvalue weighted by molar-refractivity contribution is -0.119. The molecule has 1 saturated carbocycles. The maximum Gasteiger partial charge on any atom is 0.317 e. The van der Waals surface area contributed by atoms with Crippen LogP contribution in [0.2, 0.25) is 0 Å². The van der Waals surface area contributed by atoms with E-state index in [-0.39, 0.29) is 17.9 Å². The van der Waals surface area contributed by atoms with Crippen LogP contribution in [0.1, 0.15) is 67.2 Å². The SMILES string of the molecule is CCCN1C[C@@H](NC(=O)N(CC)CCN(C(C)C)C(C)C)C[C@@H]2CC(=O)C(=CN(C)C)C[C@H]21. The molecule has 1 aliphatic heterocycles. The number of carbonyl (C=O) groups is 2. The number of amides is 2. The highest BCUT2D eigenvalue weighted by atomic mass is 16.2. The monoisotopic (exact) mass is 463 g/mol. The van der Waals surface area contributed by atoms with Crippen molar-refractivity contribution in [2.75, 3.05) is 46.8 Å². The number of ketones is 1. The Morgan fingerprint density at radius 2 is 1.79 bits per heavy atom. The highest BCUT2D eigenvalue weighted by Gasteiger charge is 2.41. The predicted octanol–water partition coefficient (Wildman–Crippen LogP) is 3.41. The lowest BCUT2D eigenvalue weighted by Gasteiger charge is -2.47. The van der Waals surface area contributed by atoms with Gasteiger partial charge in [0.1, 0.15) is 0 Å². The Hall–Kier alpha value is -1.60. The van der Waals surface area contributed by atoms with Crippen LogP contribution in [0.4, 0.5) is 4.79 Å². The van der Waals surface area contributed by atoms with Gasteiger partial charge in [-0.25, -0.2) is 4.79 Å². The van der Waals surface area contributed by atoms with Gasteiger partial charge in [-0.3, -0.25) is 14.6 Å². The Labute approximate surface area is 202 Å². The highest BCUT2D eigenvalue weighted by Crippen LogP contribution is 2.36. The van der Waals surface area contributed by atoms with Gasteiger partial charge in [0.15, 0.2) is 5.78 Å². The van der Waals surface area contributed by atoms with Crippen LogP contribution in [0.15, 0.2) is 11.8 Å². The van der Waals surface area contributed by atoms with E-state index in [9.17, 15) is 9.59 Å². The van der Waals surface area contributed by atoms with Crippen molar-refractivity contribution in [1.29, 1.82) is 0 Å². The van der Waals surface area contributed by atoms with Gasteiger partial charge in [-0.1, -0.05) is 6.92 Å². The van der Waals surface area contributed by atoms with Gasteiger partial charge in [-0.2, -0.15) is 0 Å². The molecule has 2 amide bonds. The van der Waals surface area contributed by atoms with E-state index in [1.807, 2.05) is 37.0 Å². The number of piperidine rings is 1. The number of hydrogen-bond acceptors (Lipinski definition) is 5. The normalized spacial score (nSPS) is 25.1. The van der Waals surface area contributed by atoms with Crippen LogP contribution in [0.3, 0.4) is 0 Å². The Kier molecular flexibility index (Phi) is 10.7. The Bertz CT molecular complexity index is 668. The van der Waals surface area contributed by atoms with Crippen LogP contribution in [0.25, 0.3) is 0 Å². The molecule has 0 radical (unpaired) electrons. The third-order valence-electron chi connectivity index (χ3n) is 7.17. The number of likely N-dealkylation sites (N-methyl/N-ethyl adjacent to an activating group) is 1. The molecule has 3 atom stereocenters. The Morgan fingerprint density at radius 3 is 2.33 bits per heavy atom. The zero-order valence-electron chi connectivity index (χ0n) is 22.4. The number of fused-ring (bicyclic) bond motifs is 1. The quantitative estimate of drug-likeness (QED) is 0.503. The van der Waals surface area contributed by atoms with Crippen LogP contribution in [0, 0.1) is 5.92 Å². The molecule has 1 heterocycles. The van der Waals surface area contributed by atoms with Gasteiger partial charge in [-0.05, 0) is 66.3 Å². The summed E-state index contributed by atoms with van der Waals surface area (Å²) in [5.41, 5.74) is 0.946. The third kappa shape index (κ3) is 7.71. The number of rotatable bonds is 10. The largest absolute Gasteiger partial charge is 0.383 e. The molecule has 33 heavy (non-hydrogen) atoms. The number of nitrogens with one attached hydrogen (secondary N) is 1. The van der Waals surface area contributed by atoms with Crippen LogP contribution in [0.5, 0.6) is 0 Å². The first-order valence-electron chi connectivity index (χ1n) is 13.0. The van der Waals surface area contributed by atoms with E-state index in [2.05, 4.69) is 49.7 Å².